The smallest absolute Gasteiger partial charge is 0.207 e. The molecular weight excluding hydrogens is 522 g/mol. The predicted molar refractivity (Wildman–Crippen MR) is 172 cm³/mol. The molecule has 0 atom stereocenters. The third kappa shape index (κ3) is 6.29. The molecule has 0 aliphatic carbocycles. The molecule has 0 aromatic heterocycles. The average molecular weight is 562 g/mol. The first-order valence-corrected chi connectivity index (χ1v) is 15.6. The van der Waals surface area contributed by atoms with Crippen LogP contribution >= 0.6 is 0 Å². The minimum Gasteiger partial charge on any atom is -0.207 e. The summed E-state index contributed by atoms with van der Waals surface area (Å²) in [5.41, 5.74) is 14.6. The van der Waals surface area contributed by atoms with E-state index in [4.69, 9.17) is 0 Å². The van der Waals surface area contributed by atoms with E-state index in [1.165, 1.54) is 33.4 Å². The summed E-state index contributed by atoms with van der Waals surface area (Å²) in [6, 6.07) is 26.9. The molecular formula is C37H39NO2S. The van der Waals surface area contributed by atoms with Crippen LogP contribution in [0.15, 0.2) is 94.9 Å². The second-order valence-corrected chi connectivity index (χ2v) is 13.7. The molecule has 0 bridgehead atoms. The first-order chi connectivity index (χ1) is 19.4. The van der Waals surface area contributed by atoms with Crippen molar-refractivity contribution in [1.82, 2.24) is 4.31 Å². The van der Waals surface area contributed by atoms with Gasteiger partial charge < -0.3 is 0 Å². The van der Waals surface area contributed by atoms with Crippen LogP contribution in [0.1, 0.15) is 55.6 Å². The van der Waals surface area contributed by atoms with E-state index in [0.29, 0.717) is 18.0 Å². The SMILES string of the molecule is Cc1ccc(S(=O)(=O)N2CC(=C(c3cc(C)cc(C)c3)c3cc(C)cc(C)c3)/C(=C/c3cc(C)cc(C)c3)C2)cc1. The van der Waals surface area contributed by atoms with Gasteiger partial charge in [-0.1, -0.05) is 112 Å². The van der Waals surface area contributed by atoms with Gasteiger partial charge in [0.2, 0.25) is 10.0 Å². The van der Waals surface area contributed by atoms with Crippen molar-refractivity contribution in [2.24, 2.45) is 0 Å². The van der Waals surface area contributed by atoms with Crippen molar-refractivity contribution in [3.05, 3.63) is 146 Å². The summed E-state index contributed by atoms with van der Waals surface area (Å²) in [4.78, 5) is 0.328. The summed E-state index contributed by atoms with van der Waals surface area (Å²) >= 11 is 0. The summed E-state index contributed by atoms with van der Waals surface area (Å²) in [5, 5.41) is 0. The van der Waals surface area contributed by atoms with Gasteiger partial charge in [-0.2, -0.15) is 4.31 Å². The Morgan fingerprint density at radius 2 is 1.02 bits per heavy atom. The number of benzene rings is 4. The van der Waals surface area contributed by atoms with Crippen LogP contribution in [0, 0.1) is 48.5 Å². The lowest BCUT2D eigenvalue weighted by atomic mass is 9.87. The highest BCUT2D eigenvalue weighted by Crippen LogP contribution is 2.39. The molecule has 0 amide bonds. The van der Waals surface area contributed by atoms with Crippen molar-refractivity contribution < 1.29 is 8.42 Å². The van der Waals surface area contributed by atoms with Crippen LogP contribution in [0.25, 0.3) is 11.6 Å². The highest BCUT2D eigenvalue weighted by atomic mass is 32.2. The molecule has 0 radical (unpaired) electrons. The van der Waals surface area contributed by atoms with Gasteiger partial charge in [0, 0.05) is 13.1 Å². The summed E-state index contributed by atoms with van der Waals surface area (Å²) in [6.45, 7) is 15.3. The normalized spacial score (nSPS) is 15.1. The van der Waals surface area contributed by atoms with Crippen molar-refractivity contribution in [2.75, 3.05) is 13.1 Å². The molecule has 41 heavy (non-hydrogen) atoms. The zero-order chi connectivity index (χ0) is 29.5. The molecule has 1 aliphatic heterocycles. The largest absolute Gasteiger partial charge is 0.243 e. The fourth-order valence-corrected chi connectivity index (χ4v) is 7.45. The molecule has 4 aromatic rings. The first-order valence-electron chi connectivity index (χ1n) is 14.2. The third-order valence-electron chi connectivity index (χ3n) is 7.63. The number of aryl methyl sites for hydroxylation is 7. The number of nitrogens with zero attached hydrogens (tertiary/aromatic N) is 1. The molecule has 0 unspecified atom stereocenters. The van der Waals surface area contributed by atoms with Crippen molar-refractivity contribution in [3.63, 3.8) is 0 Å². The van der Waals surface area contributed by atoms with E-state index in [0.717, 1.165) is 39.0 Å². The van der Waals surface area contributed by atoms with E-state index < -0.39 is 10.0 Å². The summed E-state index contributed by atoms with van der Waals surface area (Å²) < 4.78 is 29.6. The third-order valence-corrected chi connectivity index (χ3v) is 9.44. The van der Waals surface area contributed by atoms with Gasteiger partial charge >= 0.3 is 0 Å². The van der Waals surface area contributed by atoms with Gasteiger partial charge in [0.15, 0.2) is 0 Å². The fraction of sp³-hybridized carbons (Fsp3) is 0.243. The van der Waals surface area contributed by atoms with E-state index in [-0.39, 0.29) is 0 Å². The Morgan fingerprint density at radius 3 is 1.49 bits per heavy atom. The molecule has 1 saturated heterocycles. The van der Waals surface area contributed by atoms with Gasteiger partial charge in [0.1, 0.15) is 0 Å². The highest BCUT2D eigenvalue weighted by molar-refractivity contribution is 7.89. The second-order valence-electron chi connectivity index (χ2n) is 11.8. The highest BCUT2D eigenvalue weighted by Gasteiger charge is 2.34. The average Bonchev–Trinajstić information content (AvgIpc) is 3.26. The summed E-state index contributed by atoms with van der Waals surface area (Å²) in [7, 11) is -3.70. The van der Waals surface area contributed by atoms with Gasteiger partial charge in [0.05, 0.1) is 4.90 Å². The van der Waals surface area contributed by atoms with Crippen LogP contribution in [-0.4, -0.2) is 25.8 Å². The Bertz CT molecular complexity index is 1690. The van der Waals surface area contributed by atoms with Crippen LogP contribution in [0.3, 0.4) is 0 Å². The van der Waals surface area contributed by atoms with Gasteiger partial charge in [-0.05, 0) is 94.0 Å². The Labute approximate surface area is 245 Å². The number of hydrogen-bond acceptors (Lipinski definition) is 2. The van der Waals surface area contributed by atoms with Crippen LogP contribution in [-0.2, 0) is 10.0 Å². The second kappa shape index (κ2) is 11.3. The lowest BCUT2D eigenvalue weighted by Crippen LogP contribution is -2.28. The molecule has 1 aliphatic rings. The molecule has 5 rings (SSSR count). The molecule has 1 heterocycles. The van der Waals surface area contributed by atoms with E-state index in [9.17, 15) is 8.42 Å². The molecule has 4 heteroatoms. The molecule has 0 saturated carbocycles. The fourth-order valence-electron chi connectivity index (χ4n) is 6.07. The lowest BCUT2D eigenvalue weighted by molar-refractivity contribution is 0.489. The lowest BCUT2D eigenvalue weighted by Gasteiger charge is -2.18. The van der Waals surface area contributed by atoms with E-state index >= 15 is 0 Å². The Balaban J connectivity index is 1.79. The van der Waals surface area contributed by atoms with Crippen molar-refractivity contribution in [2.45, 2.75) is 53.4 Å². The zero-order valence-electron chi connectivity index (χ0n) is 25.2. The van der Waals surface area contributed by atoms with E-state index in [2.05, 4.69) is 102 Å². The summed E-state index contributed by atoms with van der Waals surface area (Å²) in [5.74, 6) is 0. The molecule has 0 spiro atoms. The topological polar surface area (TPSA) is 37.4 Å². The number of sulfonamides is 1. The van der Waals surface area contributed by atoms with Crippen LogP contribution < -0.4 is 0 Å². The quantitative estimate of drug-likeness (QED) is 0.245. The Morgan fingerprint density at radius 1 is 0.585 bits per heavy atom. The van der Waals surface area contributed by atoms with Crippen molar-refractivity contribution >= 4 is 21.7 Å². The Hall–Kier alpha value is -3.73. The predicted octanol–water partition coefficient (Wildman–Crippen LogP) is 8.44. The molecule has 4 aromatic carbocycles. The van der Waals surface area contributed by atoms with Gasteiger partial charge in [-0.3, -0.25) is 0 Å². The van der Waals surface area contributed by atoms with E-state index in [1.54, 1.807) is 16.4 Å². The maximum atomic E-state index is 14.0. The summed E-state index contributed by atoms with van der Waals surface area (Å²) in [6.07, 6.45) is 2.19. The van der Waals surface area contributed by atoms with Crippen molar-refractivity contribution in [3.8, 4) is 0 Å². The van der Waals surface area contributed by atoms with Crippen LogP contribution in [0.5, 0.6) is 0 Å². The Kier molecular flexibility index (Phi) is 7.91. The minimum atomic E-state index is -3.70. The number of hydrogen-bond donors (Lipinski definition) is 0. The maximum absolute atomic E-state index is 14.0. The van der Waals surface area contributed by atoms with Gasteiger partial charge in [-0.25, -0.2) is 8.42 Å². The molecule has 1 fully saturated rings. The number of rotatable bonds is 5. The van der Waals surface area contributed by atoms with Crippen LogP contribution in [0.2, 0.25) is 0 Å². The minimum absolute atomic E-state index is 0.308. The van der Waals surface area contributed by atoms with Gasteiger partial charge in [-0.15, -0.1) is 0 Å². The van der Waals surface area contributed by atoms with Gasteiger partial charge in [0.25, 0.3) is 0 Å². The van der Waals surface area contributed by atoms with Crippen LogP contribution in [0.4, 0.5) is 0 Å². The van der Waals surface area contributed by atoms with Crippen molar-refractivity contribution in [1.29, 1.82) is 0 Å². The molecule has 3 nitrogen and oxygen atoms in total. The molecule has 210 valence electrons. The molecule has 0 N–H and O–H groups in total. The standard InChI is InChI=1S/C37H39NO2S/c1-24-8-10-35(11-9-24)41(39,40)38-22-34(21-31-15-25(2)12-26(3)16-31)36(23-38)37(32-17-27(4)13-28(5)18-32)33-19-29(6)14-30(7)20-33/h8-21H,22-23H2,1-7H3/b34-21+. The zero-order valence-corrected chi connectivity index (χ0v) is 26.0. The monoisotopic (exact) mass is 561 g/mol. The van der Waals surface area contributed by atoms with E-state index in [1.807, 2.05) is 19.1 Å². The first kappa shape index (κ1) is 28.8. The maximum Gasteiger partial charge on any atom is 0.243 e.